The number of hydrogen-bond acceptors (Lipinski definition) is 7. The van der Waals surface area contributed by atoms with Crippen LogP contribution in [0.25, 0.3) is 10.9 Å². The van der Waals surface area contributed by atoms with Crippen molar-refractivity contribution in [2.45, 2.75) is 13.8 Å². The van der Waals surface area contributed by atoms with Crippen LogP contribution in [-0.4, -0.2) is 69.0 Å². The van der Waals surface area contributed by atoms with Crippen LogP contribution in [0, 0.1) is 0 Å². The number of carbonyl (C=O) groups is 1. The van der Waals surface area contributed by atoms with E-state index in [0.29, 0.717) is 52.4 Å². The van der Waals surface area contributed by atoms with E-state index >= 15 is 0 Å². The zero-order valence-corrected chi connectivity index (χ0v) is 22.6. The molecule has 10 heteroatoms. The highest BCUT2D eigenvalue weighted by Gasteiger charge is 2.15. The number of nitrogens with zero attached hydrogens (tertiary/aromatic N) is 2. The summed E-state index contributed by atoms with van der Waals surface area (Å²) >= 11 is 6.42. The number of rotatable bonds is 10. The van der Waals surface area contributed by atoms with Crippen LogP contribution < -0.4 is 24.8 Å². The standard InChI is InChI=1S/C28H33ClN4O5/c1-19(2)6-8-31-28(34)32-23-5-4-20(16-22(23)29)38-25-7-9-30-24-18-27(26(35-3)17-21(24)25)37-15-12-33-10-13-36-14-11-33/h4-7,9,16-18H,8,10-15H2,1-3H3,(H2,31,32,34). The Morgan fingerprint density at radius 2 is 1.95 bits per heavy atom. The van der Waals surface area contributed by atoms with Gasteiger partial charge in [0, 0.05) is 49.9 Å². The zero-order chi connectivity index (χ0) is 26.9. The van der Waals surface area contributed by atoms with Crippen LogP contribution in [0.2, 0.25) is 5.02 Å². The Balaban J connectivity index is 1.44. The Bertz CT molecular complexity index is 1290. The van der Waals surface area contributed by atoms with Gasteiger partial charge in [-0.1, -0.05) is 23.3 Å². The minimum atomic E-state index is -0.340. The topological polar surface area (TPSA) is 94.2 Å². The molecule has 1 aromatic heterocycles. The molecule has 2 aromatic carbocycles. The predicted molar refractivity (Wildman–Crippen MR) is 149 cm³/mol. The number of hydrogen-bond donors (Lipinski definition) is 2. The lowest BCUT2D eigenvalue weighted by atomic mass is 10.1. The average Bonchev–Trinajstić information content (AvgIpc) is 2.90. The second-order valence-corrected chi connectivity index (χ2v) is 9.40. The molecule has 0 unspecified atom stereocenters. The van der Waals surface area contributed by atoms with Gasteiger partial charge in [-0.2, -0.15) is 0 Å². The van der Waals surface area contributed by atoms with Crippen molar-refractivity contribution in [3.63, 3.8) is 0 Å². The number of pyridine rings is 1. The number of halogens is 1. The molecule has 0 atom stereocenters. The van der Waals surface area contributed by atoms with Crippen molar-refractivity contribution in [1.82, 2.24) is 15.2 Å². The number of allylic oxidation sites excluding steroid dienone is 1. The lowest BCUT2D eigenvalue weighted by Gasteiger charge is -2.26. The first-order valence-corrected chi connectivity index (χ1v) is 12.9. The molecular formula is C28H33ClN4O5. The Morgan fingerprint density at radius 1 is 1.13 bits per heavy atom. The van der Waals surface area contributed by atoms with Gasteiger partial charge in [-0.05, 0) is 38.1 Å². The Morgan fingerprint density at radius 3 is 2.68 bits per heavy atom. The van der Waals surface area contributed by atoms with Crippen LogP contribution in [-0.2, 0) is 4.74 Å². The number of carbonyl (C=O) groups excluding carboxylic acids is 1. The van der Waals surface area contributed by atoms with E-state index in [1.165, 1.54) is 0 Å². The van der Waals surface area contributed by atoms with E-state index in [9.17, 15) is 4.79 Å². The molecule has 38 heavy (non-hydrogen) atoms. The van der Waals surface area contributed by atoms with Gasteiger partial charge in [0.25, 0.3) is 0 Å². The number of morpholine rings is 1. The second-order valence-electron chi connectivity index (χ2n) is 8.99. The molecule has 2 heterocycles. The summed E-state index contributed by atoms with van der Waals surface area (Å²) in [4.78, 5) is 18.9. The number of ether oxygens (including phenoxy) is 4. The molecular weight excluding hydrogens is 508 g/mol. The van der Waals surface area contributed by atoms with E-state index in [-0.39, 0.29) is 6.03 Å². The third kappa shape index (κ3) is 7.50. The van der Waals surface area contributed by atoms with Crippen molar-refractivity contribution in [2.75, 3.05) is 58.4 Å². The molecule has 1 aliphatic rings. The van der Waals surface area contributed by atoms with Gasteiger partial charge in [-0.25, -0.2) is 4.79 Å². The smallest absolute Gasteiger partial charge is 0.319 e. The molecule has 9 nitrogen and oxygen atoms in total. The minimum absolute atomic E-state index is 0.340. The van der Waals surface area contributed by atoms with Crippen LogP contribution in [0.1, 0.15) is 13.8 Å². The van der Waals surface area contributed by atoms with Crippen molar-refractivity contribution >= 4 is 34.2 Å². The fourth-order valence-electron chi connectivity index (χ4n) is 3.90. The summed E-state index contributed by atoms with van der Waals surface area (Å²) in [5.74, 6) is 2.32. The van der Waals surface area contributed by atoms with Crippen LogP contribution in [0.5, 0.6) is 23.0 Å². The van der Waals surface area contributed by atoms with Gasteiger partial charge in [0.1, 0.15) is 18.1 Å². The SMILES string of the molecule is COc1cc2c(Oc3ccc(NC(=O)NCC=C(C)C)c(Cl)c3)ccnc2cc1OCCN1CCOCC1. The highest BCUT2D eigenvalue weighted by Crippen LogP contribution is 2.38. The molecule has 0 aliphatic carbocycles. The van der Waals surface area contributed by atoms with Crippen molar-refractivity contribution < 1.29 is 23.7 Å². The maximum Gasteiger partial charge on any atom is 0.319 e. The molecule has 1 saturated heterocycles. The summed E-state index contributed by atoms with van der Waals surface area (Å²) in [6, 6.07) is 10.2. The first-order chi connectivity index (χ1) is 18.4. The van der Waals surface area contributed by atoms with Gasteiger partial charge in [0.2, 0.25) is 0 Å². The lowest BCUT2D eigenvalue weighted by Crippen LogP contribution is -2.38. The molecule has 0 saturated carbocycles. The van der Waals surface area contributed by atoms with Crippen molar-refractivity contribution in [3.8, 4) is 23.0 Å². The summed E-state index contributed by atoms with van der Waals surface area (Å²) in [7, 11) is 1.61. The summed E-state index contributed by atoms with van der Waals surface area (Å²) in [6.45, 7) is 9.04. The van der Waals surface area contributed by atoms with Crippen LogP contribution in [0.3, 0.4) is 0 Å². The van der Waals surface area contributed by atoms with E-state index in [1.54, 1.807) is 37.6 Å². The molecule has 202 valence electrons. The number of benzene rings is 2. The number of urea groups is 1. The summed E-state index contributed by atoms with van der Waals surface area (Å²) in [6.07, 6.45) is 3.60. The quantitative estimate of drug-likeness (QED) is 0.328. The van der Waals surface area contributed by atoms with Gasteiger partial charge >= 0.3 is 6.03 Å². The van der Waals surface area contributed by atoms with E-state index < -0.39 is 0 Å². The van der Waals surface area contributed by atoms with Crippen molar-refractivity contribution in [2.24, 2.45) is 0 Å². The van der Waals surface area contributed by atoms with Gasteiger partial charge in [-0.15, -0.1) is 0 Å². The van der Waals surface area contributed by atoms with Gasteiger partial charge in [0.05, 0.1) is 36.6 Å². The van der Waals surface area contributed by atoms with Crippen LogP contribution >= 0.6 is 11.6 Å². The zero-order valence-electron chi connectivity index (χ0n) is 21.9. The first kappa shape index (κ1) is 27.5. The first-order valence-electron chi connectivity index (χ1n) is 12.5. The van der Waals surface area contributed by atoms with E-state index in [4.69, 9.17) is 30.5 Å². The second kappa shape index (κ2) is 13.3. The van der Waals surface area contributed by atoms with Crippen molar-refractivity contribution in [3.05, 3.63) is 59.3 Å². The maximum atomic E-state index is 12.1. The third-order valence-electron chi connectivity index (χ3n) is 5.95. The summed E-state index contributed by atoms with van der Waals surface area (Å²) < 4.78 is 23.2. The number of nitrogens with one attached hydrogen (secondary N) is 2. The molecule has 1 aliphatic heterocycles. The molecule has 0 spiro atoms. The summed E-state index contributed by atoms with van der Waals surface area (Å²) in [5, 5.41) is 6.62. The largest absolute Gasteiger partial charge is 0.493 e. The van der Waals surface area contributed by atoms with Crippen LogP contribution in [0.4, 0.5) is 10.5 Å². The Labute approximate surface area is 227 Å². The number of anilines is 1. The highest BCUT2D eigenvalue weighted by molar-refractivity contribution is 6.33. The molecule has 1 fully saturated rings. The lowest BCUT2D eigenvalue weighted by molar-refractivity contribution is 0.0321. The van der Waals surface area contributed by atoms with Crippen molar-refractivity contribution in [1.29, 1.82) is 0 Å². The Hall–Kier alpha value is -3.53. The monoisotopic (exact) mass is 540 g/mol. The maximum absolute atomic E-state index is 12.1. The molecule has 0 bridgehead atoms. The average molecular weight is 541 g/mol. The third-order valence-corrected chi connectivity index (χ3v) is 6.26. The molecule has 2 amide bonds. The Kier molecular flexibility index (Phi) is 9.64. The fraction of sp³-hybridized carbons (Fsp3) is 0.357. The van der Waals surface area contributed by atoms with E-state index in [1.807, 2.05) is 32.1 Å². The highest BCUT2D eigenvalue weighted by atomic mass is 35.5. The number of methoxy groups -OCH3 is 1. The predicted octanol–water partition coefficient (Wildman–Crippen LogP) is 5.49. The number of fused-ring (bicyclic) bond motifs is 1. The van der Waals surface area contributed by atoms with Crippen LogP contribution in [0.15, 0.2) is 54.2 Å². The molecule has 2 N–H and O–H groups in total. The minimum Gasteiger partial charge on any atom is -0.493 e. The molecule has 3 aromatic rings. The molecule has 4 rings (SSSR count). The molecule has 0 radical (unpaired) electrons. The number of aromatic nitrogens is 1. The fourth-order valence-corrected chi connectivity index (χ4v) is 4.12. The normalized spacial score (nSPS) is 13.6. The van der Waals surface area contributed by atoms with E-state index in [0.717, 1.165) is 43.8 Å². The van der Waals surface area contributed by atoms with Gasteiger partial charge in [0.15, 0.2) is 11.5 Å². The van der Waals surface area contributed by atoms with Gasteiger partial charge in [-0.3, -0.25) is 9.88 Å². The summed E-state index contributed by atoms with van der Waals surface area (Å²) in [5.41, 5.74) is 2.31. The van der Waals surface area contributed by atoms with Gasteiger partial charge < -0.3 is 29.6 Å². The number of amides is 2. The van der Waals surface area contributed by atoms with E-state index in [2.05, 4.69) is 20.5 Å².